The van der Waals surface area contributed by atoms with Gasteiger partial charge in [-0.2, -0.15) is 0 Å². The van der Waals surface area contributed by atoms with Crippen LogP contribution in [0, 0.1) is 6.92 Å². The fraction of sp³-hybridized carbons (Fsp3) is 0.625. The van der Waals surface area contributed by atoms with E-state index in [1.165, 1.54) is 11.4 Å². The molecule has 0 aromatic carbocycles. The molecule has 0 aliphatic carbocycles. The minimum Gasteiger partial charge on any atom is -0.374 e. The maximum absolute atomic E-state index is 6.18. The number of hydrogen-bond donors (Lipinski definition) is 0. The van der Waals surface area contributed by atoms with E-state index in [-0.39, 0.29) is 12.2 Å². The quantitative estimate of drug-likeness (QED) is 0.829. The van der Waals surface area contributed by atoms with E-state index in [1.807, 2.05) is 18.5 Å². The summed E-state index contributed by atoms with van der Waals surface area (Å²) in [6, 6.07) is 0.454. The zero-order valence-corrected chi connectivity index (χ0v) is 14.8. The molecule has 2 aliphatic rings. The number of aromatic nitrogens is 2. The van der Waals surface area contributed by atoms with Crippen molar-refractivity contribution >= 4 is 22.7 Å². The topological polar surface area (TPSA) is 47.5 Å². The molecule has 2 saturated heterocycles. The van der Waals surface area contributed by atoms with E-state index < -0.39 is 0 Å². The molecule has 3 atom stereocenters. The highest BCUT2D eigenvalue weighted by Crippen LogP contribution is 2.32. The second kappa shape index (κ2) is 6.94. The smallest absolute Gasteiger partial charge is 0.107 e. The van der Waals surface area contributed by atoms with Crippen LogP contribution in [0.1, 0.15) is 28.6 Å². The molecule has 0 saturated carbocycles. The molecule has 7 heteroatoms. The lowest BCUT2D eigenvalue weighted by Gasteiger charge is -2.31. The first kappa shape index (κ1) is 15.7. The summed E-state index contributed by atoms with van der Waals surface area (Å²) in [5, 5.41) is 6.38. The van der Waals surface area contributed by atoms with Crippen LogP contribution < -0.4 is 0 Å². The summed E-state index contributed by atoms with van der Waals surface area (Å²) in [6.45, 7) is 5.27. The van der Waals surface area contributed by atoms with Crippen LogP contribution in [0.3, 0.4) is 0 Å². The summed E-state index contributed by atoms with van der Waals surface area (Å²) in [4.78, 5) is 11.4. The summed E-state index contributed by atoms with van der Waals surface area (Å²) in [6.07, 6.45) is 4.51. The Labute approximate surface area is 144 Å². The summed E-state index contributed by atoms with van der Waals surface area (Å²) < 4.78 is 12.2. The van der Waals surface area contributed by atoms with E-state index in [0.29, 0.717) is 12.6 Å². The number of hydrogen-bond acceptors (Lipinski definition) is 7. The van der Waals surface area contributed by atoms with E-state index in [1.54, 1.807) is 22.7 Å². The molecule has 2 aliphatic heterocycles. The molecule has 2 aromatic heterocycles. The van der Waals surface area contributed by atoms with Crippen molar-refractivity contribution in [3.05, 3.63) is 32.7 Å². The zero-order valence-electron chi connectivity index (χ0n) is 13.2. The summed E-state index contributed by atoms with van der Waals surface area (Å²) in [7, 11) is 0. The van der Waals surface area contributed by atoms with Crippen molar-refractivity contribution < 1.29 is 9.47 Å². The normalized spacial score (nSPS) is 28.1. The number of rotatable bonds is 5. The van der Waals surface area contributed by atoms with Crippen LogP contribution in [-0.4, -0.2) is 46.3 Å². The molecule has 0 bridgehead atoms. The number of nitrogens with zero attached hydrogens (tertiary/aromatic N) is 3. The van der Waals surface area contributed by atoms with Crippen LogP contribution in [0.5, 0.6) is 0 Å². The van der Waals surface area contributed by atoms with E-state index in [2.05, 4.69) is 20.2 Å². The van der Waals surface area contributed by atoms with E-state index in [9.17, 15) is 0 Å². The van der Waals surface area contributed by atoms with Crippen molar-refractivity contribution in [3.8, 4) is 0 Å². The molecule has 2 aromatic rings. The van der Waals surface area contributed by atoms with Gasteiger partial charge >= 0.3 is 0 Å². The van der Waals surface area contributed by atoms with E-state index >= 15 is 0 Å². The van der Waals surface area contributed by atoms with Crippen LogP contribution in [0.15, 0.2) is 17.0 Å². The van der Waals surface area contributed by atoms with Gasteiger partial charge in [-0.05, 0) is 19.8 Å². The standard InChI is InChI=1S/C16H21N3O2S2/c1-11-18-12(10-23-11)9-21-14-7-19(8-15-17-4-6-22-15)13-3-2-5-20-16(13)14/h4,6,10,13-14,16H,2-3,5,7-9H2,1H3/t13-,14-,16+/m1/s1. The highest BCUT2D eigenvalue weighted by molar-refractivity contribution is 7.09. The predicted molar refractivity (Wildman–Crippen MR) is 90.7 cm³/mol. The number of aryl methyl sites for hydroxylation is 1. The Hall–Kier alpha value is -0.860. The van der Waals surface area contributed by atoms with Crippen molar-refractivity contribution in [3.63, 3.8) is 0 Å². The summed E-state index contributed by atoms with van der Waals surface area (Å²) >= 11 is 3.39. The van der Waals surface area contributed by atoms with Gasteiger partial charge in [-0.15, -0.1) is 22.7 Å². The van der Waals surface area contributed by atoms with Gasteiger partial charge in [0, 0.05) is 36.2 Å². The van der Waals surface area contributed by atoms with Crippen molar-refractivity contribution in [1.29, 1.82) is 0 Å². The van der Waals surface area contributed by atoms with Crippen LogP contribution in [0.4, 0.5) is 0 Å². The zero-order chi connectivity index (χ0) is 15.6. The predicted octanol–water partition coefficient (Wildman–Crippen LogP) is 2.86. The molecule has 0 spiro atoms. The SMILES string of the molecule is Cc1nc(CO[C@@H]2CN(Cc3nccs3)[C@@H]3CCCO[C@@H]32)cs1. The Morgan fingerprint density at radius 1 is 1.43 bits per heavy atom. The van der Waals surface area contributed by atoms with Crippen LogP contribution in [0.25, 0.3) is 0 Å². The Bertz CT molecular complexity index is 631. The van der Waals surface area contributed by atoms with Crippen molar-refractivity contribution in [2.24, 2.45) is 0 Å². The van der Waals surface area contributed by atoms with Gasteiger partial charge in [0.05, 0.1) is 30.0 Å². The minimum absolute atomic E-state index is 0.127. The average Bonchev–Trinajstić information content (AvgIpc) is 3.28. The summed E-state index contributed by atoms with van der Waals surface area (Å²) in [5.41, 5.74) is 1.03. The lowest BCUT2D eigenvalue weighted by Crippen LogP contribution is -2.41. The number of ether oxygens (including phenoxy) is 2. The van der Waals surface area contributed by atoms with Crippen LogP contribution >= 0.6 is 22.7 Å². The highest BCUT2D eigenvalue weighted by Gasteiger charge is 2.44. The second-order valence-electron chi connectivity index (χ2n) is 6.11. The minimum atomic E-state index is 0.127. The van der Waals surface area contributed by atoms with Crippen molar-refractivity contribution in [1.82, 2.24) is 14.9 Å². The largest absolute Gasteiger partial charge is 0.374 e. The average molecular weight is 351 g/mol. The molecule has 2 fully saturated rings. The molecule has 0 N–H and O–H groups in total. The van der Waals surface area contributed by atoms with E-state index in [0.717, 1.165) is 36.8 Å². The molecule has 23 heavy (non-hydrogen) atoms. The molecule has 4 rings (SSSR count). The van der Waals surface area contributed by atoms with Crippen LogP contribution in [-0.2, 0) is 22.6 Å². The third-order valence-corrected chi connectivity index (χ3v) is 6.10. The molecule has 124 valence electrons. The molecule has 0 radical (unpaired) electrons. The van der Waals surface area contributed by atoms with Gasteiger partial charge in [0.25, 0.3) is 0 Å². The van der Waals surface area contributed by atoms with Gasteiger partial charge in [0.1, 0.15) is 11.1 Å². The molecule has 0 amide bonds. The maximum atomic E-state index is 6.18. The Kier molecular flexibility index (Phi) is 4.73. The number of fused-ring (bicyclic) bond motifs is 1. The Morgan fingerprint density at radius 3 is 3.17 bits per heavy atom. The first-order valence-corrected chi connectivity index (χ1v) is 9.82. The lowest BCUT2D eigenvalue weighted by atomic mass is 10.0. The molecule has 4 heterocycles. The van der Waals surface area contributed by atoms with Gasteiger partial charge in [0.2, 0.25) is 0 Å². The monoisotopic (exact) mass is 351 g/mol. The fourth-order valence-corrected chi connectivity index (χ4v) is 4.74. The number of thiazole rings is 2. The lowest BCUT2D eigenvalue weighted by molar-refractivity contribution is -0.0823. The molecule has 0 unspecified atom stereocenters. The third kappa shape index (κ3) is 3.49. The van der Waals surface area contributed by atoms with Gasteiger partial charge in [0.15, 0.2) is 0 Å². The Balaban J connectivity index is 1.42. The van der Waals surface area contributed by atoms with Crippen LogP contribution in [0.2, 0.25) is 0 Å². The molecular weight excluding hydrogens is 330 g/mol. The van der Waals surface area contributed by atoms with Gasteiger partial charge in [-0.1, -0.05) is 0 Å². The van der Waals surface area contributed by atoms with Gasteiger partial charge in [-0.3, -0.25) is 4.90 Å². The first-order chi connectivity index (χ1) is 11.3. The Morgan fingerprint density at radius 2 is 2.39 bits per heavy atom. The molecular formula is C16H21N3O2S2. The van der Waals surface area contributed by atoms with Gasteiger partial charge < -0.3 is 9.47 Å². The maximum Gasteiger partial charge on any atom is 0.107 e. The van der Waals surface area contributed by atoms with Gasteiger partial charge in [-0.25, -0.2) is 9.97 Å². The molecule has 5 nitrogen and oxygen atoms in total. The van der Waals surface area contributed by atoms with E-state index in [4.69, 9.17) is 9.47 Å². The third-order valence-electron chi connectivity index (χ3n) is 4.52. The highest BCUT2D eigenvalue weighted by atomic mass is 32.1. The van der Waals surface area contributed by atoms with Crippen molar-refractivity contribution in [2.45, 2.75) is 51.2 Å². The summed E-state index contributed by atoms with van der Waals surface area (Å²) in [5.74, 6) is 0. The first-order valence-electron chi connectivity index (χ1n) is 8.06. The fourth-order valence-electron chi connectivity index (χ4n) is 3.50. The number of likely N-dealkylation sites (tertiary alicyclic amines) is 1. The second-order valence-corrected chi connectivity index (χ2v) is 8.15. The van der Waals surface area contributed by atoms with Crippen molar-refractivity contribution in [2.75, 3.05) is 13.2 Å².